The third-order valence-electron chi connectivity index (χ3n) is 2.77. The third kappa shape index (κ3) is 2.66. The van der Waals surface area contributed by atoms with Crippen molar-refractivity contribution < 1.29 is 13.9 Å². The minimum atomic E-state index is -0.597. The van der Waals surface area contributed by atoms with E-state index in [9.17, 15) is 9.18 Å². The topological polar surface area (TPSA) is 47.0 Å². The number of benzene rings is 1. The molecule has 1 aromatic carbocycles. The summed E-state index contributed by atoms with van der Waals surface area (Å²) in [6.45, 7) is 3.71. The summed E-state index contributed by atoms with van der Waals surface area (Å²) in [5.41, 5.74) is 1.26. The van der Waals surface area contributed by atoms with Gasteiger partial charge in [-0.15, -0.1) is 0 Å². The summed E-state index contributed by atoms with van der Waals surface area (Å²) >= 11 is 7.10. The monoisotopic (exact) mass is 394 g/mol. The molecule has 1 atom stereocenters. The number of rotatable bonds is 3. The van der Waals surface area contributed by atoms with Crippen LogP contribution in [-0.4, -0.2) is 22.1 Å². The molecule has 0 bridgehead atoms. The molecule has 4 nitrogen and oxygen atoms in total. The number of hydrogen-bond donors (Lipinski definition) is 1. The van der Waals surface area contributed by atoms with E-state index in [0.717, 1.165) is 0 Å². The Balaban J connectivity index is 2.60. The summed E-state index contributed by atoms with van der Waals surface area (Å²) in [4.78, 5) is 14.8. The first-order valence-electron chi connectivity index (χ1n) is 5.71. The number of hydrogen-bond acceptors (Lipinski definition) is 3. The highest BCUT2D eigenvalue weighted by molar-refractivity contribution is 14.1. The van der Waals surface area contributed by atoms with Crippen molar-refractivity contribution in [2.75, 3.05) is 6.61 Å². The van der Waals surface area contributed by atoms with Gasteiger partial charge in [0.05, 0.1) is 21.2 Å². The molecular weight excluding hydrogens is 382 g/mol. The van der Waals surface area contributed by atoms with Crippen LogP contribution in [0.1, 0.15) is 19.9 Å². The molecule has 0 aliphatic rings. The molecule has 0 saturated heterocycles. The fraction of sp³-hybridized carbons (Fsp3) is 0.333. The minimum Gasteiger partial charge on any atom is -0.464 e. The van der Waals surface area contributed by atoms with Crippen LogP contribution >= 0.6 is 34.8 Å². The minimum absolute atomic E-state index is 0.297. The van der Waals surface area contributed by atoms with Gasteiger partial charge in [-0.2, -0.15) is 0 Å². The van der Waals surface area contributed by atoms with E-state index < -0.39 is 12.0 Å². The van der Waals surface area contributed by atoms with Gasteiger partial charge in [0.25, 0.3) is 0 Å². The predicted octanol–water partition coefficient (Wildman–Crippen LogP) is 3.57. The second kappa shape index (κ2) is 5.58. The maximum absolute atomic E-state index is 13.7. The Kier molecular flexibility index (Phi) is 4.24. The molecule has 0 aliphatic carbocycles. The molecule has 0 spiro atoms. The maximum Gasteiger partial charge on any atom is 0.328 e. The predicted molar refractivity (Wildman–Crippen MR) is 81.1 cm³/mol. The zero-order chi connectivity index (χ0) is 14.2. The second-order valence-electron chi connectivity index (χ2n) is 4.01. The van der Waals surface area contributed by atoms with Gasteiger partial charge in [-0.1, -0.05) is 0 Å². The van der Waals surface area contributed by atoms with Crippen LogP contribution in [-0.2, 0) is 9.53 Å². The number of fused-ring (bicyclic) bond motifs is 1. The summed E-state index contributed by atoms with van der Waals surface area (Å²) in [7, 11) is 0. The number of esters is 1. The summed E-state index contributed by atoms with van der Waals surface area (Å²) in [6.07, 6.45) is 0. The van der Waals surface area contributed by atoms with E-state index in [0.29, 0.717) is 26.0 Å². The van der Waals surface area contributed by atoms with Crippen molar-refractivity contribution in [2.24, 2.45) is 0 Å². The van der Waals surface area contributed by atoms with Gasteiger partial charge in [0.2, 0.25) is 0 Å². The Hall–Kier alpha value is -0.960. The fourth-order valence-corrected chi connectivity index (χ4v) is 2.71. The maximum atomic E-state index is 13.7. The van der Waals surface area contributed by atoms with Gasteiger partial charge in [-0.25, -0.2) is 9.18 Å². The summed E-state index contributed by atoms with van der Waals surface area (Å²) in [6, 6.07) is 2.44. The Labute approximate surface area is 128 Å². The zero-order valence-corrected chi connectivity index (χ0v) is 13.3. The van der Waals surface area contributed by atoms with Gasteiger partial charge in [0, 0.05) is 6.07 Å². The van der Waals surface area contributed by atoms with Crippen molar-refractivity contribution >= 4 is 51.8 Å². The number of ether oxygens (including phenoxy) is 1. The first-order valence-corrected chi connectivity index (χ1v) is 7.20. The van der Waals surface area contributed by atoms with E-state index >= 15 is 0 Å². The van der Waals surface area contributed by atoms with Crippen molar-refractivity contribution in [1.29, 1.82) is 0 Å². The summed E-state index contributed by atoms with van der Waals surface area (Å²) < 4.78 is 21.1. The molecule has 19 heavy (non-hydrogen) atoms. The standard InChI is InChI=1S/C12H12FIN2O2S/c1-3-18-11(17)6(2)16-10-4-7(13)8(14)5-9(10)15-12(16)19/h4-6H,3H2,1-2H3,(H,15,19). The highest BCUT2D eigenvalue weighted by Gasteiger charge is 2.20. The first-order chi connectivity index (χ1) is 8.95. The molecule has 1 heterocycles. The average molecular weight is 394 g/mol. The van der Waals surface area contributed by atoms with Crippen molar-refractivity contribution in [1.82, 2.24) is 9.55 Å². The molecule has 2 aromatic rings. The zero-order valence-electron chi connectivity index (χ0n) is 10.4. The van der Waals surface area contributed by atoms with Crippen LogP contribution in [0.15, 0.2) is 12.1 Å². The molecule has 1 unspecified atom stereocenters. The van der Waals surface area contributed by atoms with E-state index in [-0.39, 0.29) is 5.82 Å². The molecule has 102 valence electrons. The molecule has 0 saturated carbocycles. The Morgan fingerprint density at radius 3 is 2.95 bits per heavy atom. The number of carbonyl (C=O) groups is 1. The lowest BCUT2D eigenvalue weighted by atomic mass is 10.2. The molecule has 7 heteroatoms. The number of halogens is 2. The van der Waals surface area contributed by atoms with Gasteiger partial charge in [0.15, 0.2) is 4.77 Å². The van der Waals surface area contributed by atoms with Crippen LogP contribution < -0.4 is 0 Å². The summed E-state index contributed by atoms with van der Waals surface area (Å²) in [5.74, 6) is -0.731. The van der Waals surface area contributed by atoms with Gasteiger partial charge < -0.3 is 14.3 Å². The van der Waals surface area contributed by atoms with Crippen molar-refractivity contribution in [2.45, 2.75) is 19.9 Å². The van der Waals surface area contributed by atoms with Gasteiger partial charge >= 0.3 is 5.97 Å². The van der Waals surface area contributed by atoms with Crippen LogP contribution in [0.4, 0.5) is 4.39 Å². The van der Waals surface area contributed by atoms with E-state index in [1.807, 2.05) is 22.6 Å². The number of H-pyrrole nitrogens is 1. The second-order valence-corrected chi connectivity index (χ2v) is 5.56. The lowest BCUT2D eigenvalue weighted by molar-refractivity contribution is -0.146. The van der Waals surface area contributed by atoms with Crippen molar-refractivity contribution in [3.63, 3.8) is 0 Å². The van der Waals surface area contributed by atoms with Crippen LogP contribution in [0.5, 0.6) is 0 Å². The van der Waals surface area contributed by atoms with Crippen molar-refractivity contribution in [3.05, 3.63) is 26.3 Å². The smallest absolute Gasteiger partial charge is 0.328 e. The number of nitrogens with zero attached hydrogens (tertiary/aromatic N) is 1. The highest BCUT2D eigenvalue weighted by atomic mass is 127. The highest BCUT2D eigenvalue weighted by Crippen LogP contribution is 2.24. The Morgan fingerprint density at radius 1 is 1.63 bits per heavy atom. The number of carbonyl (C=O) groups excluding carboxylic acids is 1. The normalized spacial score (nSPS) is 12.6. The lowest BCUT2D eigenvalue weighted by Crippen LogP contribution is -2.19. The SMILES string of the molecule is CCOC(=O)C(C)n1c(=S)[nH]c2cc(I)c(F)cc21. The molecule has 0 aliphatic heterocycles. The van der Waals surface area contributed by atoms with Gasteiger partial charge in [0.1, 0.15) is 11.9 Å². The molecule has 0 fully saturated rings. The van der Waals surface area contributed by atoms with E-state index in [1.54, 1.807) is 24.5 Å². The van der Waals surface area contributed by atoms with E-state index in [2.05, 4.69) is 4.98 Å². The molecular formula is C12H12FIN2O2S. The number of aromatic amines is 1. The fourth-order valence-electron chi connectivity index (χ4n) is 1.87. The molecule has 0 radical (unpaired) electrons. The van der Waals surface area contributed by atoms with Crippen LogP contribution in [0, 0.1) is 14.2 Å². The Bertz CT molecular complexity index is 695. The molecule has 1 aromatic heterocycles. The van der Waals surface area contributed by atoms with Crippen LogP contribution in [0.3, 0.4) is 0 Å². The average Bonchev–Trinajstić information content (AvgIpc) is 2.65. The Morgan fingerprint density at radius 2 is 2.32 bits per heavy atom. The van der Waals surface area contributed by atoms with E-state index in [4.69, 9.17) is 17.0 Å². The van der Waals surface area contributed by atoms with Gasteiger partial charge in [-0.05, 0) is 54.7 Å². The summed E-state index contributed by atoms with van der Waals surface area (Å²) in [5, 5.41) is 0. The molecule has 2 rings (SSSR count). The first kappa shape index (κ1) is 14.4. The molecule has 0 amide bonds. The van der Waals surface area contributed by atoms with Crippen molar-refractivity contribution in [3.8, 4) is 0 Å². The lowest BCUT2D eigenvalue weighted by Gasteiger charge is -2.13. The molecule has 1 N–H and O–H groups in total. The van der Waals surface area contributed by atoms with E-state index in [1.165, 1.54) is 6.07 Å². The largest absolute Gasteiger partial charge is 0.464 e. The quantitative estimate of drug-likeness (QED) is 0.492. The number of aromatic nitrogens is 2. The number of imidazole rings is 1. The third-order valence-corrected chi connectivity index (χ3v) is 3.90. The van der Waals surface area contributed by atoms with Gasteiger partial charge in [-0.3, -0.25) is 0 Å². The van der Waals surface area contributed by atoms with Crippen LogP contribution in [0.2, 0.25) is 0 Å². The number of nitrogens with one attached hydrogen (secondary N) is 1. The van der Waals surface area contributed by atoms with Crippen LogP contribution in [0.25, 0.3) is 11.0 Å².